The van der Waals surface area contributed by atoms with Crippen LogP contribution < -0.4 is 10.2 Å². The van der Waals surface area contributed by atoms with E-state index >= 15 is 0 Å². The molecule has 0 aromatic heterocycles. The van der Waals surface area contributed by atoms with Crippen LogP contribution >= 0.6 is 11.6 Å². The molecule has 156 valence electrons. The van der Waals surface area contributed by atoms with Crippen molar-refractivity contribution in [3.8, 4) is 0 Å². The highest BCUT2D eigenvalue weighted by Gasteiger charge is 2.33. The molecule has 1 N–H and O–H groups in total. The number of carbonyl (C=O) groups excluding carboxylic acids is 1. The van der Waals surface area contributed by atoms with Gasteiger partial charge in [-0.15, -0.1) is 0 Å². The van der Waals surface area contributed by atoms with Crippen LogP contribution in [0.1, 0.15) is 12.8 Å². The number of carbonyl (C=O) groups is 1. The molecule has 0 aliphatic carbocycles. The van der Waals surface area contributed by atoms with Crippen LogP contribution in [-0.2, 0) is 14.8 Å². The molecule has 1 heterocycles. The number of amides is 1. The van der Waals surface area contributed by atoms with Crippen molar-refractivity contribution in [2.75, 3.05) is 37.4 Å². The third-order valence-electron chi connectivity index (χ3n) is 4.90. The van der Waals surface area contributed by atoms with Gasteiger partial charge in [-0.05, 0) is 55.3 Å². The van der Waals surface area contributed by atoms with Crippen molar-refractivity contribution in [3.05, 3.63) is 53.3 Å². The average Bonchev–Trinajstić information content (AvgIpc) is 2.68. The number of hydrogen-bond donors (Lipinski definition) is 1. The molecule has 6 nitrogen and oxygen atoms in total. The minimum Gasteiger partial charge on any atom is -0.376 e. The minimum absolute atomic E-state index is 0.0182. The fourth-order valence-electron chi connectivity index (χ4n) is 3.36. The van der Waals surface area contributed by atoms with Crippen LogP contribution in [-0.4, -0.2) is 45.8 Å². The zero-order valence-corrected chi connectivity index (χ0v) is 17.8. The second kappa shape index (κ2) is 8.69. The Balaban J connectivity index is 1.76. The number of sulfonamides is 1. The first-order valence-corrected chi connectivity index (χ1v) is 11.0. The van der Waals surface area contributed by atoms with Crippen molar-refractivity contribution >= 4 is 38.9 Å². The summed E-state index contributed by atoms with van der Waals surface area (Å²) in [5.41, 5.74) is 1.38. The van der Waals surface area contributed by atoms with Crippen LogP contribution in [0, 0.1) is 11.7 Å². The van der Waals surface area contributed by atoms with E-state index in [2.05, 4.69) is 5.32 Å². The van der Waals surface area contributed by atoms with Gasteiger partial charge in [-0.2, -0.15) is 4.31 Å². The zero-order chi connectivity index (χ0) is 21.2. The summed E-state index contributed by atoms with van der Waals surface area (Å²) >= 11 is 6.07. The van der Waals surface area contributed by atoms with Gasteiger partial charge in [0, 0.05) is 32.2 Å². The van der Waals surface area contributed by atoms with Gasteiger partial charge in [-0.3, -0.25) is 4.79 Å². The molecule has 29 heavy (non-hydrogen) atoms. The second-order valence-electron chi connectivity index (χ2n) is 7.20. The summed E-state index contributed by atoms with van der Waals surface area (Å²) in [7, 11) is -0.0738. The Morgan fingerprint density at radius 3 is 2.55 bits per heavy atom. The van der Waals surface area contributed by atoms with Crippen LogP contribution in [0.5, 0.6) is 0 Å². The number of anilines is 2. The van der Waals surface area contributed by atoms with E-state index in [0.717, 1.165) is 17.8 Å². The van der Waals surface area contributed by atoms with Gasteiger partial charge in [0.05, 0.1) is 22.2 Å². The molecule has 1 unspecified atom stereocenters. The molecule has 1 fully saturated rings. The topological polar surface area (TPSA) is 69.7 Å². The Bertz CT molecular complexity index is 997. The van der Waals surface area contributed by atoms with E-state index in [1.165, 1.54) is 16.4 Å². The molecule has 1 aliphatic heterocycles. The smallest absolute Gasteiger partial charge is 0.243 e. The van der Waals surface area contributed by atoms with Gasteiger partial charge < -0.3 is 10.2 Å². The summed E-state index contributed by atoms with van der Waals surface area (Å²) in [4.78, 5) is 14.7. The Morgan fingerprint density at radius 1 is 1.21 bits per heavy atom. The van der Waals surface area contributed by atoms with Crippen LogP contribution in [0.15, 0.2) is 47.4 Å². The van der Waals surface area contributed by atoms with Crippen molar-refractivity contribution in [1.29, 1.82) is 0 Å². The second-order valence-corrected chi connectivity index (χ2v) is 9.58. The quantitative estimate of drug-likeness (QED) is 0.773. The van der Waals surface area contributed by atoms with Gasteiger partial charge in [-0.25, -0.2) is 12.8 Å². The lowest BCUT2D eigenvalue weighted by Gasteiger charge is -2.31. The summed E-state index contributed by atoms with van der Waals surface area (Å²) < 4.78 is 40.1. The maximum absolute atomic E-state index is 13.1. The van der Waals surface area contributed by atoms with Gasteiger partial charge in [-0.1, -0.05) is 11.6 Å². The molecule has 0 bridgehead atoms. The van der Waals surface area contributed by atoms with Crippen LogP contribution in [0.3, 0.4) is 0 Å². The maximum atomic E-state index is 13.1. The molecule has 2 aromatic rings. The highest BCUT2D eigenvalue weighted by molar-refractivity contribution is 7.89. The van der Waals surface area contributed by atoms with E-state index < -0.39 is 21.8 Å². The average molecular weight is 440 g/mol. The van der Waals surface area contributed by atoms with Gasteiger partial charge in [0.15, 0.2) is 0 Å². The van der Waals surface area contributed by atoms with E-state index in [1.54, 1.807) is 12.1 Å². The molecule has 0 radical (unpaired) electrons. The van der Waals surface area contributed by atoms with Crippen molar-refractivity contribution < 1.29 is 17.6 Å². The number of hydrogen-bond acceptors (Lipinski definition) is 4. The van der Waals surface area contributed by atoms with Crippen molar-refractivity contribution in [3.63, 3.8) is 0 Å². The molecule has 3 rings (SSSR count). The third kappa shape index (κ3) is 4.88. The van der Waals surface area contributed by atoms with Gasteiger partial charge >= 0.3 is 0 Å². The van der Waals surface area contributed by atoms with Gasteiger partial charge in [0.2, 0.25) is 15.9 Å². The van der Waals surface area contributed by atoms with Crippen molar-refractivity contribution in [2.45, 2.75) is 17.7 Å². The van der Waals surface area contributed by atoms with Gasteiger partial charge in [0.1, 0.15) is 5.82 Å². The highest BCUT2D eigenvalue weighted by atomic mass is 35.5. The standard InChI is InChI=1S/C20H23ClFN3O3S/c1-24(2)19-10-5-15(21)12-18(19)23-20(26)14-4-3-11-25(13-14)29(27,28)17-8-6-16(22)7-9-17/h5-10,12,14H,3-4,11,13H2,1-2H3,(H,23,26). The molecule has 0 saturated carbocycles. The largest absolute Gasteiger partial charge is 0.376 e. The molecule has 1 amide bonds. The molecular formula is C20H23ClFN3O3S. The van der Waals surface area contributed by atoms with E-state index in [-0.39, 0.29) is 17.3 Å². The summed E-state index contributed by atoms with van der Waals surface area (Å²) in [5, 5.41) is 3.38. The number of nitrogens with zero attached hydrogens (tertiary/aromatic N) is 2. The summed E-state index contributed by atoms with van der Waals surface area (Å²) in [6.07, 6.45) is 1.15. The maximum Gasteiger partial charge on any atom is 0.243 e. The molecule has 9 heteroatoms. The molecule has 0 spiro atoms. The molecule has 2 aromatic carbocycles. The van der Waals surface area contributed by atoms with Crippen LogP contribution in [0.4, 0.5) is 15.8 Å². The Labute approximate surface area is 175 Å². The zero-order valence-electron chi connectivity index (χ0n) is 16.2. The fourth-order valence-corrected chi connectivity index (χ4v) is 5.06. The molecule has 1 saturated heterocycles. The van der Waals surface area contributed by atoms with Gasteiger partial charge in [0.25, 0.3) is 0 Å². The van der Waals surface area contributed by atoms with E-state index in [0.29, 0.717) is 30.1 Å². The monoisotopic (exact) mass is 439 g/mol. The van der Waals surface area contributed by atoms with Crippen LogP contribution in [0.25, 0.3) is 0 Å². The SMILES string of the molecule is CN(C)c1ccc(Cl)cc1NC(=O)C1CCCN(S(=O)(=O)c2ccc(F)cc2)C1. The summed E-state index contributed by atoms with van der Waals surface area (Å²) in [5.74, 6) is -1.25. The predicted octanol–water partition coefficient (Wildman–Crippen LogP) is 3.58. The first kappa shape index (κ1) is 21.5. The normalized spacial score (nSPS) is 17.7. The minimum atomic E-state index is -3.79. The fraction of sp³-hybridized carbons (Fsp3) is 0.350. The molecular weight excluding hydrogens is 417 g/mol. The van der Waals surface area contributed by atoms with E-state index in [4.69, 9.17) is 11.6 Å². The Kier molecular flexibility index (Phi) is 6.45. The number of benzene rings is 2. The first-order chi connectivity index (χ1) is 13.7. The van der Waals surface area contributed by atoms with Crippen molar-refractivity contribution in [2.24, 2.45) is 5.92 Å². The highest BCUT2D eigenvalue weighted by Crippen LogP contribution is 2.30. The third-order valence-corrected chi connectivity index (χ3v) is 7.02. The predicted molar refractivity (Wildman–Crippen MR) is 112 cm³/mol. The van der Waals surface area contributed by atoms with E-state index in [9.17, 15) is 17.6 Å². The Hall–Kier alpha value is -2.16. The lowest BCUT2D eigenvalue weighted by atomic mass is 9.98. The number of halogens is 2. The Morgan fingerprint density at radius 2 is 1.90 bits per heavy atom. The lowest BCUT2D eigenvalue weighted by Crippen LogP contribution is -2.43. The lowest BCUT2D eigenvalue weighted by molar-refractivity contribution is -0.120. The van der Waals surface area contributed by atoms with Crippen LogP contribution in [0.2, 0.25) is 5.02 Å². The summed E-state index contributed by atoms with van der Waals surface area (Å²) in [6, 6.07) is 9.93. The van der Waals surface area contributed by atoms with E-state index in [1.807, 2.05) is 25.1 Å². The summed E-state index contributed by atoms with van der Waals surface area (Å²) in [6.45, 7) is 0.396. The molecule has 1 atom stereocenters. The number of nitrogens with one attached hydrogen (secondary N) is 1. The molecule has 1 aliphatic rings. The van der Waals surface area contributed by atoms with Crippen molar-refractivity contribution in [1.82, 2.24) is 4.31 Å². The number of piperidine rings is 1. The number of rotatable bonds is 5. The first-order valence-electron chi connectivity index (χ1n) is 9.22.